The first-order chi connectivity index (χ1) is 8.97. The first-order valence-electron chi connectivity index (χ1n) is 5.36. The zero-order chi connectivity index (χ0) is 14.0. The molecule has 0 spiro atoms. The van der Waals surface area contributed by atoms with Crippen molar-refractivity contribution in [2.24, 2.45) is 0 Å². The third-order valence-corrected chi connectivity index (χ3v) is 3.81. The summed E-state index contributed by atoms with van der Waals surface area (Å²) < 4.78 is 13.0. The van der Waals surface area contributed by atoms with E-state index in [4.69, 9.17) is 16.7 Å². The summed E-state index contributed by atoms with van der Waals surface area (Å²) in [6.07, 6.45) is 0. The molecular weight excluding hydrogens is 291 g/mol. The fourth-order valence-electron chi connectivity index (χ4n) is 1.50. The Labute approximate surface area is 117 Å². The molecule has 4 nitrogen and oxygen atoms in total. The van der Waals surface area contributed by atoms with Crippen molar-refractivity contribution in [3.8, 4) is 0 Å². The molecule has 0 unspecified atom stereocenters. The highest BCUT2D eigenvalue weighted by Crippen LogP contribution is 2.23. The molecule has 2 aromatic rings. The second-order valence-corrected chi connectivity index (χ2v) is 5.25. The van der Waals surface area contributed by atoms with Crippen LogP contribution in [0.25, 0.3) is 0 Å². The molecule has 7 heteroatoms. The van der Waals surface area contributed by atoms with Gasteiger partial charge in [-0.05, 0) is 24.6 Å². The fraction of sp³-hybridized carbons (Fsp3) is 0.167. The van der Waals surface area contributed by atoms with Crippen LogP contribution < -0.4 is 5.32 Å². The molecule has 0 aliphatic rings. The van der Waals surface area contributed by atoms with Crippen molar-refractivity contribution in [2.45, 2.75) is 13.5 Å². The van der Waals surface area contributed by atoms with E-state index in [1.165, 1.54) is 12.1 Å². The number of nitrogens with one attached hydrogen (secondary N) is 1. The number of aromatic carboxylic acids is 1. The van der Waals surface area contributed by atoms with E-state index in [9.17, 15) is 9.18 Å². The summed E-state index contributed by atoms with van der Waals surface area (Å²) in [6.45, 7) is 2.03. The maximum Gasteiger partial charge on any atom is 0.347 e. The number of aryl methyl sites for hydroxylation is 1. The van der Waals surface area contributed by atoms with Gasteiger partial charge in [0.15, 0.2) is 5.13 Å². The predicted molar refractivity (Wildman–Crippen MR) is 72.5 cm³/mol. The number of halogens is 2. The number of rotatable bonds is 4. The van der Waals surface area contributed by atoms with Crippen LogP contribution in [0.4, 0.5) is 9.52 Å². The summed E-state index contributed by atoms with van der Waals surface area (Å²) in [6, 6.07) is 4.41. The van der Waals surface area contributed by atoms with Crippen LogP contribution in [0.5, 0.6) is 0 Å². The highest BCUT2D eigenvalue weighted by atomic mass is 35.5. The lowest BCUT2D eigenvalue weighted by Crippen LogP contribution is -1.99. The Kier molecular flexibility index (Phi) is 4.01. The van der Waals surface area contributed by atoms with Crippen LogP contribution in [0, 0.1) is 12.7 Å². The van der Waals surface area contributed by atoms with Gasteiger partial charge in [-0.2, -0.15) is 0 Å². The minimum absolute atomic E-state index is 0.0563. The second kappa shape index (κ2) is 5.54. The fourth-order valence-corrected chi connectivity index (χ4v) is 2.50. The number of hydrogen-bond donors (Lipinski definition) is 2. The first kappa shape index (κ1) is 13.8. The molecule has 1 aromatic heterocycles. The van der Waals surface area contributed by atoms with E-state index in [1.807, 2.05) is 0 Å². The number of thiazole rings is 1. The smallest absolute Gasteiger partial charge is 0.347 e. The molecule has 0 atom stereocenters. The lowest BCUT2D eigenvalue weighted by atomic mass is 10.2. The number of nitrogens with zero attached hydrogens (tertiary/aromatic N) is 1. The van der Waals surface area contributed by atoms with Gasteiger partial charge in [-0.1, -0.05) is 29.0 Å². The van der Waals surface area contributed by atoms with E-state index in [0.717, 1.165) is 16.9 Å². The van der Waals surface area contributed by atoms with E-state index in [-0.39, 0.29) is 9.90 Å². The normalized spacial score (nSPS) is 10.5. The topological polar surface area (TPSA) is 62.2 Å². The molecule has 1 aromatic carbocycles. The monoisotopic (exact) mass is 300 g/mol. The Morgan fingerprint density at radius 2 is 2.32 bits per heavy atom. The van der Waals surface area contributed by atoms with Gasteiger partial charge in [0.25, 0.3) is 0 Å². The van der Waals surface area contributed by atoms with Crippen molar-refractivity contribution < 1.29 is 14.3 Å². The Morgan fingerprint density at radius 1 is 1.58 bits per heavy atom. The van der Waals surface area contributed by atoms with Crippen LogP contribution in [0.15, 0.2) is 18.2 Å². The zero-order valence-corrected chi connectivity index (χ0v) is 11.5. The number of carboxylic acids is 1. The third-order valence-electron chi connectivity index (χ3n) is 2.42. The van der Waals surface area contributed by atoms with Crippen molar-refractivity contribution in [3.63, 3.8) is 0 Å². The lowest BCUT2D eigenvalue weighted by molar-refractivity contribution is 0.0701. The Hall–Kier alpha value is -1.66. The highest BCUT2D eigenvalue weighted by Gasteiger charge is 2.13. The summed E-state index contributed by atoms with van der Waals surface area (Å²) in [4.78, 5) is 15.2. The van der Waals surface area contributed by atoms with E-state index < -0.39 is 11.8 Å². The molecule has 0 fully saturated rings. The van der Waals surface area contributed by atoms with Gasteiger partial charge in [-0.25, -0.2) is 14.2 Å². The van der Waals surface area contributed by atoms with E-state index >= 15 is 0 Å². The molecule has 0 radical (unpaired) electrons. The molecular formula is C12H10ClFN2O2S. The van der Waals surface area contributed by atoms with Gasteiger partial charge >= 0.3 is 5.97 Å². The van der Waals surface area contributed by atoms with E-state index in [2.05, 4.69) is 10.3 Å². The Morgan fingerprint density at radius 3 is 2.89 bits per heavy atom. The molecule has 19 heavy (non-hydrogen) atoms. The number of anilines is 1. The lowest BCUT2D eigenvalue weighted by Gasteiger charge is -2.03. The van der Waals surface area contributed by atoms with Gasteiger partial charge in [0.05, 0.1) is 10.7 Å². The first-order valence-corrected chi connectivity index (χ1v) is 6.55. The van der Waals surface area contributed by atoms with Gasteiger partial charge < -0.3 is 10.4 Å². The Bertz CT molecular complexity index is 630. The molecule has 0 bridgehead atoms. The summed E-state index contributed by atoms with van der Waals surface area (Å²) in [5.41, 5.74) is 1.26. The van der Waals surface area contributed by atoms with Crippen molar-refractivity contribution in [2.75, 3.05) is 5.32 Å². The molecule has 1 heterocycles. The molecule has 0 aliphatic heterocycles. The molecule has 2 rings (SSSR count). The van der Waals surface area contributed by atoms with Crippen molar-refractivity contribution >= 4 is 34.0 Å². The van der Waals surface area contributed by atoms with Crippen LogP contribution in [-0.4, -0.2) is 16.1 Å². The summed E-state index contributed by atoms with van der Waals surface area (Å²) in [7, 11) is 0. The maximum absolute atomic E-state index is 13.0. The van der Waals surface area contributed by atoms with Crippen LogP contribution in [-0.2, 0) is 6.54 Å². The van der Waals surface area contributed by atoms with Gasteiger partial charge in [-0.3, -0.25) is 0 Å². The van der Waals surface area contributed by atoms with E-state index in [0.29, 0.717) is 17.4 Å². The van der Waals surface area contributed by atoms with Crippen molar-refractivity contribution in [1.29, 1.82) is 0 Å². The molecule has 0 saturated heterocycles. The van der Waals surface area contributed by atoms with Crippen LogP contribution in [0.2, 0.25) is 5.02 Å². The quantitative estimate of drug-likeness (QED) is 0.906. The number of aromatic nitrogens is 1. The largest absolute Gasteiger partial charge is 0.477 e. The van der Waals surface area contributed by atoms with Gasteiger partial charge in [0.1, 0.15) is 10.7 Å². The second-order valence-electron chi connectivity index (χ2n) is 3.84. The average Bonchev–Trinajstić information content (AvgIpc) is 2.72. The van der Waals surface area contributed by atoms with Gasteiger partial charge in [-0.15, -0.1) is 0 Å². The van der Waals surface area contributed by atoms with E-state index in [1.54, 1.807) is 13.0 Å². The van der Waals surface area contributed by atoms with Crippen LogP contribution in [0.3, 0.4) is 0 Å². The molecule has 100 valence electrons. The molecule has 0 saturated carbocycles. The Balaban J connectivity index is 2.08. The highest BCUT2D eigenvalue weighted by molar-refractivity contribution is 7.17. The SMILES string of the molecule is Cc1nc(NCc2ccc(F)c(Cl)c2)sc1C(=O)O. The number of carboxylic acid groups (broad SMARTS) is 1. The number of hydrogen-bond acceptors (Lipinski definition) is 4. The minimum atomic E-state index is -0.993. The van der Waals surface area contributed by atoms with Crippen molar-refractivity contribution in [3.05, 3.63) is 45.2 Å². The summed E-state index contributed by atoms with van der Waals surface area (Å²) in [5, 5.41) is 12.5. The predicted octanol–water partition coefficient (Wildman–Crippen LogP) is 3.55. The average molecular weight is 301 g/mol. The number of benzene rings is 1. The number of carbonyl (C=O) groups is 1. The van der Waals surface area contributed by atoms with Crippen LogP contribution in [0.1, 0.15) is 20.9 Å². The third kappa shape index (κ3) is 3.21. The maximum atomic E-state index is 13.0. The molecule has 0 amide bonds. The summed E-state index contributed by atoms with van der Waals surface area (Å²) in [5.74, 6) is -1.46. The van der Waals surface area contributed by atoms with Gasteiger partial charge in [0, 0.05) is 6.54 Å². The molecule has 0 aliphatic carbocycles. The standard InChI is InChI=1S/C12H10ClFN2O2S/c1-6-10(11(17)18)19-12(16-6)15-5-7-2-3-9(14)8(13)4-7/h2-4H,5H2,1H3,(H,15,16)(H,17,18). The minimum Gasteiger partial charge on any atom is -0.477 e. The van der Waals surface area contributed by atoms with Gasteiger partial charge in [0.2, 0.25) is 0 Å². The molecule has 2 N–H and O–H groups in total. The van der Waals surface area contributed by atoms with Crippen LogP contribution >= 0.6 is 22.9 Å². The van der Waals surface area contributed by atoms with Crippen molar-refractivity contribution in [1.82, 2.24) is 4.98 Å². The zero-order valence-electron chi connectivity index (χ0n) is 9.91. The summed E-state index contributed by atoms with van der Waals surface area (Å²) >= 11 is 6.74.